The van der Waals surface area contributed by atoms with Crippen molar-refractivity contribution in [1.82, 2.24) is 9.55 Å². The summed E-state index contributed by atoms with van der Waals surface area (Å²) in [6.07, 6.45) is 9.76. The second-order valence-corrected chi connectivity index (χ2v) is 18.5. The topological polar surface area (TPSA) is 135 Å². The fraction of sp³-hybridized carbons (Fsp3) is 0.558. The lowest BCUT2D eigenvalue weighted by atomic mass is 9.40. The number of ketones is 1. The summed E-state index contributed by atoms with van der Waals surface area (Å²) >= 11 is 0. The van der Waals surface area contributed by atoms with Crippen molar-refractivity contribution >= 4 is 34.3 Å². The van der Waals surface area contributed by atoms with Gasteiger partial charge in [-0.2, -0.15) is 0 Å². The first kappa shape index (κ1) is 34.0. The second-order valence-electron chi connectivity index (χ2n) is 18.5. The van der Waals surface area contributed by atoms with Crippen molar-refractivity contribution in [3.63, 3.8) is 0 Å². The monoisotopic (exact) mass is 706 g/mol. The second kappa shape index (κ2) is 10.2. The zero-order valence-corrected chi connectivity index (χ0v) is 31.5. The normalized spacial score (nSPS) is 37.8. The van der Waals surface area contributed by atoms with Crippen molar-refractivity contribution in [2.24, 2.45) is 28.6 Å². The van der Waals surface area contributed by atoms with Gasteiger partial charge in [-0.3, -0.25) is 4.79 Å². The van der Waals surface area contributed by atoms with Crippen molar-refractivity contribution in [3.8, 4) is 0 Å². The summed E-state index contributed by atoms with van der Waals surface area (Å²) in [6.45, 7) is 21.5. The minimum absolute atomic E-state index is 0.00603. The summed E-state index contributed by atoms with van der Waals surface area (Å²) in [5.74, 6) is -0.809. The van der Waals surface area contributed by atoms with Crippen LogP contribution in [-0.4, -0.2) is 53.9 Å². The Morgan fingerprint density at radius 2 is 1.83 bits per heavy atom. The maximum Gasteiger partial charge on any atom is 0.357 e. The fourth-order valence-electron chi connectivity index (χ4n) is 12.8. The van der Waals surface area contributed by atoms with Gasteiger partial charge in [-0.05, 0) is 119 Å². The van der Waals surface area contributed by atoms with Crippen LogP contribution in [0.25, 0.3) is 22.6 Å². The molecule has 9 atom stereocenters. The number of benzene rings is 1. The molecule has 0 bridgehead atoms. The lowest BCUT2D eigenvalue weighted by Gasteiger charge is -2.64. The molecule has 52 heavy (non-hydrogen) atoms. The van der Waals surface area contributed by atoms with E-state index < -0.39 is 40.8 Å². The minimum atomic E-state index is -1.15. The third-order valence-electron chi connectivity index (χ3n) is 14.9. The Bertz CT molecular complexity index is 2220. The number of Topliss-reactive ketones (excluding diaryl/α,β-unsaturated/α-hetero) is 1. The van der Waals surface area contributed by atoms with Crippen molar-refractivity contribution in [1.29, 1.82) is 0 Å². The van der Waals surface area contributed by atoms with Crippen LogP contribution in [0.3, 0.4) is 0 Å². The van der Waals surface area contributed by atoms with Gasteiger partial charge in [-0.1, -0.05) is 39.0 Å². The Labute approximate surface area is 304 Å². The number of aromatic carboxylic acids is 1. The van der Waals surface area contributed by atoms with Crippen LogP contribution in [0, 0.1) is 28.6 Å². The van der Waals surface area contributed by atoms with Gasteiger partial charge in [-0.25, -0.2) is 9.78 Å². The van der Waals surface area contributed by atoms with E-state index in [-0.39, 0.29) is 40.0 Å². The number of aliphatic hydroxyl groups is 2. The SMILES string of the molecule is C=C(C)[C@H]1C(=O)c2c3c(cc4c5c(n1c24)[C@@]1(C)C(CC[C@H]2[C@](C)(/C=C/c4nc(C(=O)O)co4)[C@@H](O)CC[C@@]21C)C5)C1=CC(C)(C)OC(C)(C)C1[C@@H]3O. The number of carbonyl (C=O) groups is 2. The fourth-order valence-corrected chi connectivity index (χ4v) is 12.8. The summed E-state index contributed by atoms with van der Waals surface area (Å²) in [5, 5.41) is 34.4. The van der Waals surface area contributed by atoms with Gasteiger partial charge in [0.2, 0.25) is 5.89 Å². The molecule has 274 valence electrons. The number of rotatable bonds is 4. The average molecular weight is 707 g/mol. The number of carboxylic acid groups (broad SMARTS) is 1. The first-order valence-corrected chi connectivity index (χ1v) is 18.9. The molecule has 9 nitrogen and oxygen atoms in total. The van der Waals surface area contributed by atoms with Gasteiger partial charge in [0, 0.05) is 33.4 Å². The molecule has 3 aromatic rings. The van der Waals surface area contributed by atoms with E-state index in [0.29, 0.717) is 17.9 Å². The number of nitrogens with zero attached hydrogens (tertiary/aromatic N) is 2. The van der Waals surface area contributed by atoms with Gasteiger partial charge in [-0.15, -0.1) is 0 Å². The Balaban J connectivity index is 1.24. The third kappa shape index (κ3) is 3.97. The maximum absolute atomic E-state index is 14.9. The summed E-state index contributed by atoms with van der Waals surface area (Å²) in [7, 11) is 0. The maximum atomic E-state index is 14.9. The molecule has 4 heterocycles. The molecule has 3 N–H and O–H groups in total. The van der Waals surface area contributed by atoms with E-state index >= 15 is 0 Å². The van der Waals surface area contributed by atoms with Crippen LogP contribution < -0.4 is 0 Å². The highest BCUT2D eigenvalue weighted by Crippen LogP contribution is 2.71. The van der Waals surface area contributed by atoms with Crippen LogP contribution >= 0.6 is 0 Å². The zero-order valence-electron chi connectivity index (χ0n) is 31.5. The number of ether oxygens (including phenoxy) is 1. The van der Waals surface area contributed by atoms with Crippen LogP contribution in [0.1, 0.15) is 142 Å². The van der Waals surface area contributed by atoms with Gasteiger partial charge >= 0.3 is 5.97 Å². The average Bonchev–Trinajstić information content (AvgIpc) is 3.83. The molecule has 9 heteroatoms. The highest BCUT2D eigenvalue weighted by atomic mass is 16.5. The van der Waals surface area contributed by atoms with Gasteiger partial charge in [0.25, 0.3) is 0 Å². The lowest BCUT2D eigenvalue weighted by Crippen LogP contribution is -2.62. The number of allylic oxidation sites excluding steroid dienone is 1. The Kier molecular flexibility index (Phi) is 6.70. The van der Waals surface area contributed by atoms with Crippen LogP contribution in [0.5, 0.6) is 0 Å². The molecule has 6 aliphatic rings. The molecule has 2 aliphatic heterocycles. The number of aromatic nitrogens is 2. The number of carboxylic acids is 1. The molecular weight excluding hydrogens is 656 g/mol. The smallest absolute Gasteiger partial charge is 0.357 e. The number of oxazole rings is 1. The molecule has 0 amide bonds. The highest BCUT2D eigenvalue weighted by molar-refractivity contribution is 6.18. The van der Waals surface area contributed by atoms with E-state index in [1.807, 2.05) is 26.8 Å². The standard InChI is InChI=1S/C43H50N2O7/c1-20(2)33-36(48)31-30-22(25-18-39(3,4)52-40(5,6)32(25)35(30)47)17-23-24-16-21-10-11-27-41(7,14-13-29-44-26(19-51-29)38(49)50)28(46)12-15-42(27,8)43(21,9)37(24)45(33)34(23)31/h13-14,17-19,21,27-28,32-33,35,46-47H,1,10-12,15-16H2,2-9H3,(H,49,50)/b14-13+/t21?,27-,28-,32?,33-,35+,41-,42-,43+/m0/s1. The van der Waals surface area contributed by atoms with Crippen LogP contribution in [-0.2, 0) is 16.6 Å². The van der Waals surface area contributed by atoms with Crippen LogP contribution in [0.15, 0.2) is 41.1 Å². The number of carbonyl (C=O) groups excluding carboxylic acids is 1. The molecule has 0 radical (unpaired) electrons. The van der Waals surface area contributed by atoms with Crippen molar-refractivity contribution in [2.75, 3.05) is 0 Å². The highest BCUT2D eigenvalue weighted by Gasteiger charge is 2.68. The van der Waals surface area contributed by atoms with Crippen LogP contribution in [0.4, 0.5) is 0 Å². The van der Waals surface area contributed by atoms with Gasteiger partial charge in [0.05, 0.1) is 34.5 Å². The number of fused-ring (bicyclic) bond motifs is 11. The van der Waals surface area contributed by atoms with E-state index in [1.165, 1.54) is 11.3 Å². The third-order valence-corrected chi connectivity index (χ3v) is 14.9. The number of hydrogen-bond donors (Lipinski definition) is 3. The molecule has 2 saturated carbocycles. The lowest BCUT2D eigenvalue weighted by molar-refractivity contribution is -0.144. The van der Waals surface area contributed by atoms with Crippen molar-refractivity contribution in [2.45, 2.75) is 122 Å². The van der Waals surface area contributed by atoms with Crippen molar-refractivity contribution < 1.29 is 34.1 Å². The van der Waals surface area contributed by atoms with Gasteiger partial charge < -0.3 is 29.0 Å². The van der Waals surface area contributed by atoms with E-state index in [0.717, 1.165) is 65.1 Å². The largest absolute Gasteiger partial charge is 0.476 e. The molecule has 0 spiro atoms. The first-order chi connectivity index (χ1) is 24.3. The molecule has 0 saturated heterocycles. The number of aliphatic hydroxyl groups excluding tert-OH is 2. The first-order valence-electron chi connectivity index (χ1n) is 18.9. The van der Waals surface area contributed by atoms with Gasteiger partial charge in [0.15, 0.2) is 11.5 Å². The Morgan fingerprint density at radius 3 is 2.50 bits per heavy atom. The number of hydrogen-bond acceptors (Lipinski definition) is 7. The molecule has 2 unspecified atom stereocenters. The predicted octanol–water partition coefficient (Wildman–Crippen LogP) is 8.00. The Morgan fingerprint density at radius 1 is 1.10 bits per heavy atom. The Hall–Kier alpha value is -3.79. The van der Waals surface area contributed by atoms with Gasteiger partial charge in [0.1, 0.15) is 12.3 Å². The van der Waals surface area contributed by atoms with Crippen molar-refractivity contribution in [3.05, 3.63) is 76.2 Å². The zero-order chi connectivity index (χ0) is 37.2. The molecule has 2 fully saturated rings. The minimum Gasteiger partial charge on any atom is -0.476 e. The van der Waals surface area contributed by atoms with Crippen LogP contribution in [0.2, 0.25) is 0 Å². The predicted molar refractivity (Wildman–Crippen MR) is 197 cm³/mol. The molecular formula is C43H50N2O7. The van der Waals surface area contributed by atoms with E-state index in [9.17, 15) is 24.9 Å². The quantitative estimate of drug-likeness (QED) is 0.233. The molecule has 1 aromatic carbocycles. The molecule has 4 aliphatic carbocycles. The summed E-state index contributed by atoms with van der Waals surface area (Å²) < 4.78 is 14.3. The summed E-state index contributed by atoms with van der Waals surface area (Å²) in [4.78, 5) is 30.5. The molecule has 9 rings (SSSR count). The van der Waals surface area contributed by atoms with E-state index in [4.69, 9.17) is 9.15 Å². The van der Waals surface area contributed by atoms with E-state index in [1.54, 1.807) is 6.08 Å². The summed E-state index contributed by atoms with van der Waals surface area (Å²) in [5.41, 5.74) is 5.10. The van der Waals surface area contributed by atoms with E-state index in [2.05, 4.69) is 62.9 Å². The summed E-state index contributed by atoms with van der Waals surface area (Å²) in [6, 6.07) is 1.72. The molecule has 2 aromatic heterocycles.